The molecule has 0 spiro atoms. The maximum absolute atomic E-state index is 11.6. The zero-order valence-electron chi connectivity index (χ0n) is 12.5. The molecule has 1 aliphatic rings. The highest BCUT2D eigenvalue weighted by molar-refractivity contribution is 6.32. The van der Waals surface area contributed by atoms with E-state index in [-0.39, 0.29) is 30.2 Å². The second kappa shape index (κ2) is 7.22. The largest absolute Gasteiger partial charge is 0.460 e. The lowest BCUT2D eigenvalue weighted by molar-refractivity contribution is -0.154. The zero-order valence-corrected chi connectivity index (χ0v) is 12.5. The molecule has 1 aromatic rings. The highest BCUT2D eigenvalue weighted by Gasteiger charge is 2.28. The second-order valence-electron chi connectivity index (χ2n) is 4.50. The van der Waals surface area contributed by atoms with Crippen molar-refractivity contribution in [1.82, 2.24) is 16.0 Å². The van der Waals surface area contributed by atoms with Crippen molar-refractivity contribution in [2.45, 2.75) is 13.5 Å². The topological polar surface area (TPSA) is 144 Å². The van der Waals surface area contributed by atoms with Crippen molar-refractivity contribution in [1.29, 1.82) is 0 Å². The van der Waals surface area contributed by atoms with Gasteiger partial charge >= 0.3 is 17.9 Å². The average Bonchev–Trinajstić information content (AvgIpc) is 2.96. The van der Waals surface area contributed by atoms with Gasteiger partial charge in [0.05, 0.1) is 13.2 Å². The number of carbonyl (C=O) groups excluding carboxylic acids is 5. The van der Waals surface area contributed by atoms with Crippen molar-refractivity contribution >= 4 is 35.8 Å². The maximum Gasteiger partial charge on any atom is 0.396 e. The Balaban J connectivity index is 2.00. The van der Waals surface area contributed by atoms with Crippen LogP contribution in [0.15, 0.2) is 22.1 Å². The maximum atomic E-state index is 11.6. The molecule has 2 heterocycles. The second-order valence-corrected chi connectivity index (χ2v) is 4.50. The van der Waals surface area contributed by atoms with E-state index in [4.69, 9.17) is 4.42 Å². The first-order valence-electron chi connectivity index (χ1n) is 6.82. The molecule has 0 saturated carbocycles. The van der Waals surface area contributed by atoms with Crippen molar-refractivity contribution in [2.75, 3.05) is 6.61 Å². The molecule has 2 rings (SSSR count). The van der Waals surface area contributed by atoms with Crippen LogP contribution in [0.25, 0.3) is 6.08 Å². The number of carbonyl (C=O) groups is 5. The van der Waals surface area contributed by atoms with Gasteiger partial charge < -0.3 is 14.5 Å². The number of hydrogen-bond donors (Lipinski definition) is 3. The van der Waals surface area contributed by atoms with Crippen LogP contribution in [0.5, 0.6) is 0 Å². The minimum absolute atomic E-state index is 0.0807. The van der Waals surface area contributed by atoms with E-state index in [1.54, 1.807) is 6.92 Å². The van der Waals surface area contributed by atoms with Crippen LogP contribution in [0, 0.1) is 0 Å². The van der Waals surface area contributed by atoms with Gasteiger partial charge in [0.2, 0.25) is 0 Å². The summed E-state index contributed by atoms with van der Waals surface area (Å²) < 4.78 is 9.83. The first kappa shape index (κ1) is 16.9. The molecule has 0 aliphatic carbocycles. The van der Waals surface area contributed by atoms with Gasteiger partial charge in [-0.2, -0.15) is 0 Å². The van der Waals surface area contributed by atoms with E-state index < -0.39 is 29.7 Å². The summed E-state index contributed by atoms with van der Waals surface area (Å²) in [6.45, 7) is 1.57. The van der Waals surface area contributed by atoms with Crippen LogP contribution < -0.4 is 16.0 Å². The highest BCUT2D eigenvalue weighted by Crippen LogP contribution is 2.13. The smallest absolute Gasteiger partial charge is 0.396 e. The fourth-order valence-electron chi connectivity index (χ4n) is 1.75. The first-order valence-corrected chi connectivity index (χ1v) is 6.82. The van der Waals surface area contributed by atoms with E-state index in [1.165, 1.54) is 12.1 Å². The van der Waals surface area contributed by atoms with Crippen LogP contribution in [0.1, 0.15) is 18.4 Å². The highest BCUT2D eigenvalue weighted by atomic mass is 16.5. The molecular formula is C14H13N3O7. The number of imide groups is 2. The van der Waals surface area contributed by atoms with E-state index in [1.807, 2.05) is 10.6 Å². The molecule has 1 saturated heterocycles. The predicted molar refractivity (Wildman–Crippen MR) is 76.8 cm³/mol. The Morgan fingerprint density at radius 2 is 1.88 bits per heavy atom. The van der Waals surface area contributed by atoms with Gasteiger partial charge in [-0.25, -0.2) is 9.59 Å². The van der Waals surface area contributed by atoms with Crippen LogP contribution in [0.2, 0.25) is 0 Å². The van der Waals surface area contributed by atoms with Gasteiger partial charge in [-0.3, -0.25) is 25.0 Å². The number of nitrogens with one attached hydrogen (secondary N) is 3. The lowest BCUT2D eigenvalue weighted by Crippen LogP contribution is -2.51. The number of esters is 1. The van der Waals surface area contributed by atoms with Gasteiger partial charge in [0.1, 0.15) is 17.1 Å². The van der Waals surface area contributed by atoms with Crippen LogP contribution in [0.4, 0.5) is 4.79 Å². The third-order valence-corrected chi connectivity index (χ3v) is 2.80. The molecule has 1 aromatic heterocycles. The average molecular weight is 335 g/mol. The van der Waals surface area contributed by atoms with E-state index >= 15 is 0 Å². The SMILES string of the molecule is CCOC(=O)C(=O)NCc1ccc(C=C2C(=O)NC(=O)NC2=O)o1. The molecule has 24 heavy (non-hydrogen) atoms. The Morgan fingerprint density at radius 1 is 1.21 bits per heavy atom. The minimum Gasteiger partial charge on any atom is -0.460 e. The number of urea groups is 1. The van der Waals surface area contributed by atoms with Gasteiger partial charge in [0, 0.05) is 0 Å². The third-order valence-electron chi connectivity index (χ3n) is 2.80. The van der Waals surface area contributed by atoms with Gasteiger partial charge in [0.15, 0.2) is 0 Å². The van der Waals surface area contributed by atoms with Crippen molar-refractivity contribution < 1.29 is 33.1 Å². The number of barbiturate groups is 1. The third kappa shape index (κ3) is 4.06. The van der Waals surface area contributed by atoms with E-state index in [0.29, 0.717) is 0 Å². The predicted octanol–water partition coefficient (Wildman–Crippen LogP) is -0.792. The Morgan fingerprint density at radius 3 is 2.50 bits per heavy atom. The fourth-order valence-corrected chi connectivity index (χ4v) is 1.75. The number of amides is 5. The van der Waals surface area contributed by atoms with Crippen LogP contribution >= 0.6 is 0 Å². The molecule has 0 unspecified atom stereocenters. The molecule has 126 valence electrons. The standard InChI is InChI=1S/C14H13N3O7/c1-2-23-13(21)12(20)15-6-8-4-3-7(24-8)5-9-10(18)16-14(22)17-11(9)19/h3-5H,2,6H2,1H3,(H,15,20)(H2,16,17,18,19,22). The Bertz CT molecular complexity index is 725. The number of furan rings is 1. The summed E-state index contributed by atoms with van der Waals surface area (Å²) in [5, 5.41) is 6.14. The van der Waals surface area contributed by atoms with Crippen molar-refractivity contribution in [3.05, 3.63) is 29.2 Å². The summed E-state index contributed by atoms with van der Waals surface area (Å²) in [6.07, 6.45) is 1.15. The van der Waals surface area contributed by atoms with Crippen molar-refractivity contribution in [3.8, 4) is 0 Å². The van der Waals surface area contributed by atoms with E-state index in [0.717, 1.165) is 6.08 Å². The minimum atomic E-state index is -1.01. The van der Waals surface area contributed by atoms with Gasteiger partial charge in [-0.15, -0.1) is 0 Å². The molecule has 0 atom stereocenters. The molecule has 5 amide bonds. The molecule has 10 heteroatoms. The number of ether oxygens (including phenoxy) is 1. The molecule has 1 fully saturated rings. The van der Waals surface area contributed by atoms with E-state index in [2.05, 4.69) is 10.1 Å². The Hall–Kier alpha value is -3.43. The molecule has 10 nitrogen and oxygen atoms in total. The number of rotatable bonds is 4. The summed E-state index contributed by atoms with van der Waals surface area (Å²) in [4.78, 5) is 56.6. The lowest BCUT2D eigenvalue weighted by Gasteiger charge is -2.13. The van der Waals surface area contributed by atoms with Crippen LogP contribution in [-0.4, -0.2) is 36.3 Å². The summed E-state index contributed by atoms with van der Waals surface area (Å²) in [5.41, 5.74) is -0.300. The van der Waals surface area contributed by atoms with Gasteiger partial charge in [0.25, 0.3) is 11.8 Å². The summed E-state index contributed by atoms with van der Waals surface area (Å²) in [5.74, 6) is -3.18. The van der Waals surface area contributed by atoms with E-state index in [9.17, 15) is 24.0 Å². The molecular weight excluding hydrogens is 322 g/mol. The zero-order chi connectivity index (χ0) is 17.7. The molecule has 0 radical (unpaired) electrons. The Kier molecular flexibility index (Phi) is 5.09. The summed E-state index contributed by atoms with van der Waals surface area (Å²) in [6, 6.07) is 2.04. The van der Waals surface area contributed by atoms with Crippen molar-refractivity contribution in [3.63, 3.8) is 0 Å². The number of hydrogen-bond acceptors (Lipinski definition) is 7. The molecule has 0 aromatic carbocycles. The molecule has 0 bridgehead atoms. The van der Waals surface area contributed by atoms with Crippen LogP contribution in [0.3, 0.4) is 0 Å². The van der Waals surface area contributed by atoms with Gasteiger partial charge in [-0.1, -0.05) is 0 Å². The van der Waals surface area contributed by atoms with Crippen LogP contribution in [-0.2, 0) is 30.5 Å². The monoisotopic (exact) mass is 335 g/mol. The Labute approximate surface area is 135 Å². The fraction of sp³-hybridized carbons (Fsp3) is 0.214. The van der Waals surface area contributed by atoms with Crippen molar-refractivity contribution in [2.24, 2.45) is 0 Å². The lowest BCUT2D eigenvalue weighted by atomic mass is 10.1. The summed E-state index contributed by atoms with van der Waals surface area (Å²) >= 11 is 0. The quantitative estimate of drug-likeness (QED) is 0.283. The summed E-state index contributed by atoms with van der Waals surface area (Å²) in [7, 11) is 0. The molecule has 1 aliphatic heterocycles. The molecule has 3 N–H and O–H groups in total. The first-order chi connectivity index (χ1) is 11.4. The normalized spacial score (nSPS) is 13.9. The van der Waals surface area contributed by atoms with Gasteiger partial charge in [-0.05, 0) is 25.1 Å².